The Bertz CT molecular complexity index is 538. The van der Waals surface area contributed by atoms with E-state index in [-0.39, 0.29) is 11.4 Å². The fourth-order valence-corrected chi connectivity index (χ4v) is 3.68. The number of carbonyl (C=O) groups excluding carboxylic acids is 1. The van der Waals surface area contributed by atoms with Crippen LogP contribution in [0.5, 0.6) is 0 Å². The number of morpholine rings is 1. The number of aryl methyl sites for hydroxylation is 1. The molecular weight excluding hydrogens is 278 g/mol. The molecule has 0 saturated carbocycles. The molecular formula is C17H25N3O2. The third kappa shape index (κ3) is 3.15. The third-order valence-corrected chi connectivity index (χ3v) is 4.90. The van der Waals surface area contributed by atoms with Gasteiger partial charge in [0.1, 0.15) is 0 Å². The lowest BCUT2D eigenvalue weighted by atomic mass is 9.85. The largest absolute Gasteiger partial charge is 0.377 e. The molecule has 1 amide bonds. The first kappa shape index (κ1) is 15.4. The Morgan fingerprint density at radius 3 is 2.77 bits per heavy atom. The number of amides is 1. The molecule has 2 saturated heterocycles. The van der Waals surface area contributed by atoms with E-state index in [0.717, 1.165) is 50.4 Å². The number of ether oxygens (including phenoxy) is 1. The van der Waals surface area contributed by atoms with Crippen LogP contribution in [0.3, 0.4) is 0 Å². The molecule has 5 nitrogen and oxygen atoms in total. The Labute approximate surface area is 132 Å². The van der Waals surface area contributed by atoms with Crippen molar-refractivity contribution >= 4 is 5.91 Å². The molecule has 3 heterocycles. The fourth-order valence-electron chi connectivity index (χ4n) is 3.68. The fraction of sp³-hybridized carbons (Fsp3) is 0.647. The first-order valence-corrected chi connectivity index (χ1v) is 8.10. The summed E-state index contributed by atoms with van der Waals surface area (Å²) in [6.07, 6.45) is 1.97. The summed E-state index contributed by atoms with van der Waals surface area (Å²) in [7, 11) is 0. The molecule has 0 aliphatic carbocycles. The Morgan fingerprint density at radius 2 is 2.09 bits per heavy atom. The van der Waals surface area contributed by atoms with Crippen molar-refractivity contribution in [3.8, 4) is 0 Å². The zero-order valence-electron chi connectivity index (χ0n) is 13.5. The first-order valence-electron chi connectivity index (χ1n) is 8.10. The van der Waals surface area contributed by atoms with Gasteiger partial charge < -0.3 is 9.64 Å². The van der Waals surface area contributed by atoms with Crippen LogP contribution in [0.4, 0.5) is 0 Å². The van der Waals surface area contributed by atoms with E-state index in [9.17, 15) is 4.79 Å². The number of piperidine rings is 1. The van der Waals surface area contributed by atoms with Crippen LogP contribution in [0, 0.1) is 6.92 Å². The standard InChI is InChI=1S/C17H25N3O2/c1-14-4-3-5-16(18-14)12-19-8-6-17(7-9-19)13-22-11-10-20(17)15(2)21/h3-5H,6-13H2,1-2H3. The number of hydrogen-bond acceptors (Lipinski definition) is 4. The maximum absolute atomic E-state index is 11.9. The molecule has 2 aliphatic rings. The van der Waals surface area contributed by atoms with Crippen molar-refractivity contribution in [3.05, 3.63) is 29.6 Å². The molecule has 1 spiro atoms. The lowest BCUT2D eigenvalue weighted by molar-refractivity contribution is -0.152. The lowest BCUT2D eigenvalue weighted by Gasteiger charge is -2.50. The van der Waals surface area contributed by atoms with Crippen molar-refractivity contribution in [2.45, 2.75) is 38.8 Å². The molecule has 2 aliphatic heterocycles. The van der Waals surface area contributed by atoms with Crippen molar-refractivity contribution in [1.82, 2.24) is 14.8 Å². The Morgan fingerprint density at radius 1 is 1.32 bits per heavy atom. The van der Waals surface area contributed by atoms with Gasteiger partial charge in [0.25, 0.3) is 0 Å². The molecule has 5 heteroatoms. The smallest absolute Gasteiger partial charge is 0.220 e. The highest BCUT2D eigenvalue weighted by Crippen LogP contribution is 2.32. The second-order valence-electron chi connectivity index (χ2n) is 6.49. The Hall–Kier alpha value is -1.46. The van der Waals surface area contributed by atoms with Gasteiger partial charge in [0.15, 0.2) is 0 Å². The summed E-state index contributed by atoms with van der Waals surface area (Å²) in [6, 6.07) is 6.18. The second-order valence-corrected chi connectivity index (χ2v) is 6.49. The van der Waals surface area contributed by atoms with Gasteiger partial charge in [-0.15, -0.1) is 0 Å². The molecule has 0 unspecified atom stereocenters. The van der Waals surface area contributed by atoms with Gasteiger partial charge in [0.2, 0.25) is 5.91 Å². The lowest BCUT2D eigenvalue weighted by Crippen LogP contribution is -2.62. The average molecular weight is 303 g/mol. The summed E-state index contributed by atoms with van der Waals surface area (Å²) >= 11 is 0. The van der Waals surface area contributed by atoms with Crippen LogP contribution in [0.15, 0.2) is 18.2 Å². The maximum Gasteiger partial charge on any atom is 0.220 e. The van der Waals surface area contributed by atoms with Gasteiger partial charge in [-0.3, -0.25) is 14.7 Å². The van der Waals surface area contributed by atoms with Gasteiger partial charge in [-0.05, 0) is 31.9 Å². The van der Waals surface area contributed by atoms with E-state index >= 15 is 0 Å². The van der Waals surface area contributed by atoms with Crippen LogP contribution >= 0.6 is 0 Å². The van der Waals surface area contributed by atoms with E-state index in [1.165, 1.54) is 0 Å². The minimum absolute atomic E-state index is 0.0827. The molecule has 1 aromatic rings. The van der Waals surface area contributed by atoms with Crippen molar-refractivity contribution in [2.75, 3.05) is 32.8 Å². The molecule has 22 heavy (non-hydrogen) atoms. The van der Waals surface area contributed by atoms with Crippen LogP contribution in [0.1, 0.15) is 31.2 Å². The maximum atomic E-state index is 11.9. The summed E-state index contributed by atoms with van der Waals surface area (Å²) in [5, 5.41) is 0. The molecule has 3 rings (SSSR count). The number of nitrogens with zero attached hydrogens (tertiary/aromatic N) is 3. The SMILES string of the molecule is CC(=O)N1CCOCC12CCN(Cc1cccc(C)n1)CC2. The van der Waals surface area contributed by atoms with Crippen molar-refractivity contribution in [3.63, 3.8) is 0 Å². The van der Waals surface area contributed by atoms with Crippen LogP contribution in [-0.4, -0.2) is 59.1 Å². The number of pyridine rings is 1. The number of aromatic nitrogens is 1. The van der Waals surface area contributed by atoms with Gasteiger partial charge in [-0.25, -0.2) is 0 Å². The molecule has 2 fully saturated rings. The highest BCUT2D eigenvalue weighted by Gasteiger charge is 2.43. The van der Waals surface area contributed by atoms with Gasteiger partial charge >= 0.3 is 0 Å². The number of likely N-dealkylation sites (tertiary alicyclic amines) is 1. The van der Waals surface area contributed by atoms with E-state index in [2.05, 4.69) is 22.0 Å². The summed E-state index contributed by atoms with van der Waals surface area (Å²) < 4.78 is 5.69. The van der Waals surface area contributed by atoms with Gasteiger partial charge in [-0.2, -0.15) is 0 Å². The third-order valence-electron chi connectivity index (χ3n) is 4.90. The topological polar surface area (TPSA) is 45.7 Å². The summed E-state index contributed by atoms with van der Waals surface area (Å²) in [6.45, 7) is 8.65. The highest BCUT2D eigenvalue weighted by atomic mass is 16.5. The monoisotopic (exact) mass is 303 g/mol. The molecule has 0 radical (unpaired) electrons. The van der Waals surface area contributed by atoms with Crippen molar-refractivity contribution < 1.29 is 9.53 Å². The molecule has 1 aromatic heterocycles. The molecule has 120 valence electrons. The summed E-state index contributed by atoms with van der Waals surface area (Å²) in [4.78, 5) is 21.0. The number of carbonyl (C=O) groups is 1. The van der Waals surface area contributed by atoms with Gasteiger partial charge in [-0.1, -0.05) is 6.07 Å². The Balaban J connectivity index is 1.63. The predicted molar refractivity (Wildman–Crippen MR) is 84.4 cm³/mol. The van der Waals surface area contributed by atoms with Crippen LogP contribution < -0.4 is 0 Å². The van der Waals surface area contributed by atoms with Gasteiger partial charge in [0.05, 0.1) is 24.4 Å². The van der Waals surface area contributed by atoms with Crippen molar-refractivity contribution in [1.29, 1.82) is 0 Å². The first-order chi connectivity index (χ1) is 10.6. The van der Waals surface area contributed by atoms with Crippen molar-refractivity contribution in [2.24, 2.45) is 0 Å². The number of hydrogen-bond donors (Lipinski definition) is 0. The van der Waals surface area contributed by atoms with Gasteiger partial charge in [0, 0.05) is 38.8 Å². The molecule has 0 aromatic carbocycles. The minimum atomic E-state index is -0.0827. The van der Waals surface area contributed by atoms with E-state index in [0.29, 0.717) is 13.2 Å². The zero-order chi connectivity index (χ0) is 15.6. The summed E-state index contributed by atoms with van der Waals surface area (Å²) in [5.74, 6) is 0.178. The van der Waals surface area contributed by atoms with E-state index in [1.807, 2.05) is 17.9 Å². The average Bonchev–Trinajstić information content (AvgIpc) is 2.50. The zero-order valence-corrected chi connectivity index (χ0v) is 13.5. The van der Waals surface area contributed by atoms with E-state index in [4.69, 9.17) is 4.74 Å². The summed E-state index contributed by atoms with van der Waals surface area (Å²) in [5.41, 5.74) is 2.11. The van der Waals surface area contributed by atoms with Crippen LogP contribution in [0.25, 0.3) is 0 Å². The molecule has 0 atom stereocenters. The quantitative estimate of drug-likeness (QED) is 0.832. The van der Waals surface area contributed by atoms with E-state index < -0.39 is 0 Å². The molecule has 0 N–H and O–H groups in total. The second kappa shape index (κ2) is 6.34. The Kier molecular flexibility index (Phi) is 4.45. The highest BCUT2D eigenvalue weighted by molar-refractivity contribution is 5.74. The minimum Gasteiger partial charge on any atom is -0.377 e. The van der Waals surface area contributed by atoms with E-state index in [1.54, 1.807) is 6.92 Å². The molecule has 0 bridgehead atoms. The number of rotatable bonds is 2. The van der Waals surface area contributed by atoms with Crippen LogP contribution in [-0.2, 0) is 16.1 Å². The normalized spacial score (nSPS) is 22.0. The predicted octanol–water partition coefficient (Wildman–Crippen LogP) is 1.60. The van der Waals surface area contributed by atoms with Crippen LogP contribution in [0.2, 0.25) is 0 Å².